The number of pyridine rings is 1. The highest BCUT2D eigenvalue weighted by Gasteiger charge is 2.03. The molecule has 0 radical (unpaired) electrons. The number of hydrogen-bond donors (Lipinski definition) is 0. The Morgan fingerprint density at radius 1 is 1.47 bits per heavy atom. The van der Waals surface area contributed by atoms with Gasteiger partial charge in [0.1, 0.15) is 5.58 Å². The zero-order valence-electron chi connectivity index (χ0n) is 8.60. The summed E-state index contributed by atoms with van der Waals surface area (Å²) >= 11 is 0. The van der Waals surface area contributed by atoms with Crippen molar-refractivity contribution in [3.05, 3.63) is 34.9 Å². The fourth-order valence-electron chi connectivity index (χ4n) is 1.49. The molecular formula is C11H13NO3. The van der Waals surface area contributed by atoms with Crippen LogP contribution in [0, 0.1) is 0 Å². The fraction of sp³-hybridized carbons (Fsp3) is 0.364. The van der Waals surface area contributed by atoms with E-state index in [9.17, 15) is 4.79 Å². The molecular weight excluding hydrogens is 194 g/mol. The topological polar surface area (TPSA) is 44.4 Å². The largest absolute Gasteiger partial charge is 0.464 e. The lowest BCUT2D eigenvalue weighted by Crippen LogP contribution is -2.21. The summed E-state index contributed by atoms with van der Waals surface area (Å²) < 4.78 is 12.0. The van der Waals surface area contributed by atoms with E-state index in [2.05, 4.69) is 0 Å². The smallest absolute Gasteiger partial charge is 0.261 e. The molecule has 2 heterocycles. The van der Waals surface area contributed by atoms with Crippen LogP contribution >= 0.6 is 0 Å². The second-order valence-electron chi connectivity index (χ2n) is 3.21. The second-order valence-corrected chi connectivity index (χ2v) is 3.21. The third-order valence-electron chi connectivity index (χ3n) is 2.27. The van der Waals surface area contributed by atoms with Crippen molar-refractivity contribution in [1.82, 2.24) is 4.57 Å². The standard InChI is InChI=1S/C11H13NO3/c1-2-14-8-6-12-5-3-10-9(11(12)13)4-7-15-10/h3-5,7H,2,6,8H2,1H3. The molecule has 15 heavy (non-hydrogen) atoms. The molecule has 0 unspecified atom stereocenters. The Balaban J connectivity index is 2.28. The van der Waals surface area contributed by atoms with E-state index >= 15 is 0 Å². The molecule has 0 N–H and O–H groups in total. The minimum absolute atomic E-state index is 0.0269. The van der Waals surface area contributed by atoms with Crippen LogP contribution < -0.4 is 5.56 Å². The predicted molar refractivity (Wildman–Crippen MR) is 57.0 cm³/mol. The summed E-state index contributed by atoms with van der Waals surface area (Å²) in [5.74, 6) is 0. The van der Waals surface area contributed by atoms with E-state index in [0.717, 1.165) is 0 Å². The lowest BCUT2D eigenvalue weighted by atomic mass is 10.3. The zero-order chi connectivity index (χ0) is 10.7. The number of ether oxygens (including phenoxy) is 1. The average Bonchev–Trinajstić information content (AvgIpc) is 2.70. The van der Waals surface area contributed by atoms with Gasteiger partial charge in [0.25, 0.3) is 5.56 Å². The molecule has 0 aliphatic carbocycles. The van der Waals surface area contributed by atoms with Crippen LogP contribution in [-0.2, 0) is 11.3 Å². The van der Waals surface area contributed by atoms with Crippen LogP contribution in [-0.4, -0.2) is 17.8 Å². The molecule has 0 saturated carbocycles. The van der Waals surface area contributed by atoms with Gasteiger partial charge < -0.3 is 13.7 Å². The molecule has 2 aromatic rings. The van der Waals surface area contributed by atoms with E-state index in [1.54, 1.807) is 22.9 Å². The molecule has 0 amide bonds. The predicted octanol–water partition coefficient (Wildman–Crippen LogP) is 1.63. The van der Waals surface area contributed by atoms with E-state index in [1.165, 1.54) is 6.26 Å². The summed E-state index contributed by atoms with van der Waals surface area (Å²) in [5, 5.41) is 0.619. The number of fused-ring (bicyclic) bond motifs is 1. The molecule has 0 aliphatic heterocycles. The molecule has 4 heteroatoms. The van der Waals surface area contributed by atoms with E-state index in [1.807, 2.05) is 6.92 Å². The van der Waals surface area contributed by atoms with Gasteiger partial charge in [-0.1, -0.05) is 0 Å². The van der Waals surface area contributed by atoms with Crippen molar-refractivity contribution >= 4 is 11.0 Å². The van der Waals surface area contributed by atoms with Gasteiger partial charge in [-0.05, 0) is 19.1 Å². The van der Waals surface area contributed by atoms with Crippen molar-refractivity contribution in [2.24, 2.45) is 0 Å². The highest BCUT2D eigenvalue weighted by molar-refractivity contribution is 5.75. The maximum absolute atomic E-state index is 11.8. The molecule has 0 fully saturated rings. The summed E-state index contributed by atoms with van der Waals surface area (Å²) in [5.41, 5.74) is 0.605. The molecule has 4 nitrogen and oxygen atoms in total. The monoisotopic (exact) mass is 207 g/mol. The van der Waals surface area contributed by atoms with E-state index < -0.39 is 0 Å². The number of aromatic nitrogens is 1. The lowest BCUT2D eigenvalue weighted by molar-refractivity contribution is 0.138. The summed E-state index contributed by atoms with van der Waals surface area (Å²) in [6.07, 6.45) is 3.26. The number of hydrogen-bond acceptors (Lipinski definition) is 3. The molecule has 80 valence electrons. The van der Waals surface area contributed by atoms with Gasteiger partial charge in [-0.25, -0.2) is 0 Å². The van der Waals surface area contributed by atoms with Crippen LogP contribution in [0.3, 0.4) is 0 Å². The van der Waals surface area contributed by atoms with Gasteiger partial charge in [0.15, 0.2) is 0 Å². The quantitative estimate of drug-likeness (QED) is 0.716. The minimum atomic E-state index is -0.0269. The molecule has 0 bridgehead atoms. The van der Waals surface area contributed by atoms with Crippen LogP contribution in [0.25, 0.3) is 11.0 Å². The lowest BCUT2D eigenvalue weighted by Gasteiger charge is -2.04. The van der Waals surface area contributed by atoms with Gasteiger partial charge in [0, 0.05) is 19.3 Å². The van der Waals surface area contributed by atoms with Crippen molar-refractivity contribution in [3.8, 4) is 0 Å². The highest BCUT2D eigenvalue weighted by Crippen LogP contribution is 2.09. The highest BCUT2D eigenvalue weighted by atomic mass is 16.5. The number of rotatable bonds is 4. The van der Waals surface area contributed by atoms with Crippen molar-refractivity contribution in [3.63, 3.8) is 0 Å². The van der Waals surface area contributed by atoms with E-state index in [-0.39, 0.29) is 5.56 Å². The minimum Gasteiger partial charge on any atom is -0.464 e. The van der Waals surface area contributed by atoms with Crippen LogP contribution in [0.15, 0.2) is 33.8 Å². The fourth-order valence-corrected chi connectivity index (χ4v) is 1.49. The Bertz CT molecular complexity index is 498. The number of furan rings is 1. The van der Waals surface area contributed by atoms with Gasteiger partial charge in [-0.15, -0.1) is 0 Å². The van der Waals surface area contributed by atoms with Crippen LogP contribution in [0.4, 0.5) is 0 Å². The second kappa shape index (κ2) is 4.31. The summed E-state index contributed by atoms with van der Waals surface area (Å²) in [6, 6.07) is 3.48. The normalized spacial score (nSPS) is 11.0. The molecule has 0 spiro atoms. The summed E-state index contributed by atoms with van der Waals surface area (Å²) in [7, 11) is 0. The Morgan fingerprint density at radius 3 is 3.13 bits per heavy atom. The SMILES string of the molecule is CCOCCn1ccc2occc2c1=O. The van der Waals surface area contributed by atoms with Crippen LogP contribution in [0.2, 0.25) is 0 Å². The first-order valence-corrected chi connectivity index (χ1v) is 4.97. The molecule has 2 aromatic heterocycles. The third kappa shape index (κ3) is 1.94. The first kappa shape index (κ1) is 9.98. The van der Waals surface area contributed by atoms with Gasteiger partial charge in [0.2, 0.25) is 0 Å². The number of nitrogens with zero attached hydrogens (tertiary/aromatic N) is 1. The van der Waals surface area contributed by atoms with Gasteiger partial charge in [0.05, 0.1) is 18.3 Å². The van der Waals surface area contributed by atoms with Gasteiger partial charge >= 0.3 is 0 Å². The van der Waals surface area contributed by atoms with Crippen molar-refractivity contribution < 1.29 is 9.15 Å². The van der Waals surface area contributed by atoms with Crippen LogP contribution in [0.1, 0.15) is 6.92 Å². The van der Waals surface area contributed by atoms with E-state index in [0.29, 0.717) is 30.7 Å². The molecule has 0 aliphatic rings. The van der Waals surface area contributed by atoms with Crippen molar-refractivity contribution in [2.45, 2.75) is 13.5 Å². The third-order valence-corrected chi connectivity index (χ3v) is 2.27. The molecule has 0 aromatic carbocycles. The van der Waals surface area contributed by atoms with Crippen molar-refractivity contribution in [1.29, 1.82) is 0 Å². The Hall–Kier alpha value is -1.55. The molecule has 0 atom stereocenters. The maximum atomic E-state index is 11.8. The molecule has 0 saturated heterocycles. The average molecular weight is 207 g/mol. The Kier molecular flexibility index (Phi) is 2.87. The summed E-state index contributed by atoms with van der Waals surface area (Å²) in [6.45, 7) is 3.73. The maximum Gasteiger partial charge on any atom is 0.261 e. The van der Waals surface area contributed by atoms with Crippen molar-refractivity contribution in [2.75, 3.05) is 13.2 Å². The zero-order valence-corrected chi connectivity index (χ0v) is 8.60. The van der Waals surface area contributed by atoms with Gasteiger partial charge in [-0.2, -0.15) is 0 Å². The van der Waals surface area contributed by atoms with Crippen LogP contribution in [0.5, 0.6) is 0 Å². The first-order chi connectivity index (χ1) is 7.33. The van der Waals surface area contributed by atoms with Gasteiger partial charge in [-0.3, -0.25) is 4.79 Å². The van der Waals surface area contributed by atoms with E-state index in [4.69, 9.17) is 9.15 Å². The Morgan fingerprint density at radius 2 is 2.33 bits per heavy atom. The summed E-state index contributed by atoms with van der Waals surface area (Å²) in [4.78, 5) is 11.8. The first-order valence-electron chi connectivity index (χ1n) is 4.97. The Labute approximate surface area is 87.1 Å². The molecule has 2 rings (SSSR count).